The Morgan fingerprint density at radius 1 is 1.06 bits per heavy atom. The average molecular weight is 280 g/mol. The lowest BCUT2D eigenvalue weighted by Gasteiger charge is -2.28. The zero-order valence-electron chi connectivity index (χ0n) is 8.66. The molecule has 0 heterocycles. The van der Waals surface area contributed by atoms with Crippen LogP contribution in [0.15, 0.2) is 0 Å². The van der Waals surface area contributed by atoms with E-state index in [2.05, 4.69) is 0 Å². The number of carbonyl (C=O) groups is 2. The molecule has 0 aliphatic heterocycles. The second-order valence-corrected chi connectivity index (χ2v) is 3.92. The van der Waals surface area contributed by atoms with Crippen molar-refractivity contribution in [2.45, 2.75) is 37.3 Å². The van der Waals surface area contributed by atoms with Crippen molar-refractivity contribution in [3.63, 3.8) is 0 Å². The summed E-state index contributed by atoms with van der Waals surface area (Å²) < 4.78 is 86.4. The lowest BCUT2D eigenvalue weighted by Crippen LogP contribution is -2.58. The minimum Gasteiger partial charge on any atom is -0.299 e. The summed E-state index contributed by atoms with van der Waals surface area (Å²) in [5, 5.41) is 0. The van der Waals surface area contributed by atoms with E-state index in [-0.39, 0.29) is 12.8 Å². The Morgan fingerprint density at radius 2 is 1.56 bits per heavy atom. The molecular formula is C9H7F7O2. The van der Waals surface area contributed by atoms with Crippen LogP contribution in [0.25, 0.3) is 0 Å². The van der Waals surface area contributed by atoms with Crippen molar-refractivity contribution in [3.8, 4) is 0 Å². The van der Waals surface area contributed by atoms with Gasteiger partial charge in [-0.25, -0.2) is 0 Å². The van der Waals surface area contributed by atoms with Crippen LogP contribution >= 0.6 is 0 Å². The van der Waals surface area contributed by atoms with Gasteiger partial charge in [-0.05, 0) is 12.8 Å². The fourth-order valence-electron chi connectivity index (χ4n) is 1.64. The molecule has 0 aromatic rings. The molecule has 0 amide bonds. The number of halogens is 7. The van der Waals surface area contributed by atoms with Crippen molar-refractivity contribution < 1.29 is 40.3 Å². The van der Waals surface area contributed by atoms with Gasteiger partial charge in [-0.1, -0.05) is 0 Å². The molecule has 0 saturated heterocycles. The third-order valence-corrected chi connectivity index (χ3v) is 2.68. The van der Waals surface area contributed by atoms with Crippen LogP contribution in [-0.2, 0) is 9.59 Å². The SMILES string of the molecule is O=C1CCC[C@@H]1C(=O)C(F)(F)C(F)(F)C(F)(F)F. The highest BCUT2D eigenvalue weighted by Gasteiger charge is 2.76. The van der Waals surface area contributed by atoms with Crippen LogP contribution in [0.4, 0.5) is 30.7 Å². The fourth-order valence-corrected chi connectivity index (χ4v) is 1.64. The van der Waals surface area contributed by atoms with Gasteiger partial charge >= 0.3 is 18.0 Å². The molecule has 0 radical (unpaired) electrons. The van der Waals surface area contributed by atoms with Gasteiger partial charge in [-0.2, -0.15) is 30.7 Å². The predicted octanol–water partition coefficient (Wildman–Crippen LogP) is 2.76. The molecule has 104 valence electrons. The number of Topliss-reactive ketones (excluding diaryl/α,β-unsaturated/α-hetero) is 2. The van der Waals surface area contributed by atoms with E-state index in [1.54, 1.807) is 0 Å². The summed E-state index contributed by atoms with van der Waals surface area (Å²) in [6, 6.07) is 0. The maximum absolute atomic E-state index is 12.9. The highest BCUT2D eigenvalue weighted by Crippen LogP contribution is 2.48. The second-order valence-electron chi connectivity index (χ2n) is 3.92. The van der Waals surface area contributed by atoms with Crippen LogP contribution < -0.4 is 0 Å². The molecule has 2 nitrogen and oxygen atoms in total. The van der Waals surface area contributed by atoms with Gasteiger partial charge in [0.15, 0.2) is 0 Å². The zero-order chi connectivity index (χ0) is 14.4. The van der Waals surface area contributed by atoms with Gasteiger partial charge in [-0.15, -0.1) is 0 Å². The van der Waals surface area contributed by atoms with E-state index in [4.69, 9.17) is 0 Å². The minimum absolute atomic E-state index is 0.0168. The van der Waals surface area contributed by atoms with Crippen molar-refractivity contribution in [2.24, 2.45) is 5.92 Å². The van der Waals surface area contributed by atoms with Gasteiger partial charge in [0, 0.05) is 6.42 Å². The number of ketones is 2. The highest BCUT2D eigenvalue weighted by molar-refractivity contribution is 6.07. The number of hydrogen-bond donors (Lipinski definition) is 0. The van der Waals surface area contributed by atoms with Crippen molar-refractivity contribution in [3.05, 3.63) is 0 Å². The molecule has 1 rings (SSSR count). The predicted molar refractivity (Wildman–Crippen MR) is 43.3 cm³/mol. The van der Waals surface area contributed by atoms with Gasteiger partial charge in [-0.3, -0.25) is 9.59 Å². The summed E-state index contributed by atoms with van der Waals surface area (Å²) in [6.07, 6.45) is -7.25. The molecule has 1 aliphatic rings. The Kier molecular flexibility index (Phi) is 3.48. The zero-order valence-corrected chi connectivity index (χ0v) is 8.66. The first-order valence-electron chi connectivity index (χ1n) is 4.82. The smallest absolute Gasteiger partial charge is 0.299 e. The van der Waals surface area contributed by atoms with Crippen LogP contribution in [0.2, 0.25) is 0 Å². The van der Waals surface area contributed by atoms with Crippen LogP contribution in [0, 0.1) is 5.92 Å². The van der Waals surface area contributed by atoms with Gasteiger partial charge in [0.2, 0.25) is 5.78 Å². The van der Waals surface area contributed by atoms with E-state index in [1.165, 1.54) is 0 Å². The Morgan fingerprint density at radius 3 is 1.89 bits per heavy atom. The highest BCUT2D eigenvalue weighted by atomic mass is 19.4. The summed E-state index contributed by atoms with van der Waals surface area (Å²) >= 11 is 0. The molecule has 1 saturated carbocycles. The number of alkyl halides is 7. The van der Waals surface area contributed by atoms with Gasteiger partial charge in [0.25, 0.3) is 0 Å². The molecule has 1 aliphatic carbocycles. The number of carbonyl (C=O) groups excluding carboxylic acids is 2. The molecule has 0 N–H and O–H groups in total. The molecule has 0 spiro atoms. The van der Waals surface area contributed by atoms with Crippen molar-refractivity contribution >= 4 is 11.6 Å². The number of rotatable bonds is 3. The van der Waals surface area contributed by atoms with Crippen molar-refractivity contribution in [1.82, 2.24) is 0 Å². The first-order valence-corrected chi connectivity index (χ1v) is 4.82. The van der Waals surface area contributed by atoms with E-state index in [0.717, 1.165) is 0 Å². The maximum atomic E-state index is 12.9. The Balaban J connectivity index is 3.06. The van der Waals surface area contributed by atoms with Crippen LogP contribution in [0.1, 0.15) is 19.3 Å². The van der Waals surface area contributed by atoms with Gasteiger partial charge in [0.1, 0.15) is 5.78 Å². The van der Waals surface area contributed by atoms with Crippen molar-refractivity contribution in [1.29, 1.82) is 0 Å². The molecule has 1 fully saturated rings. The number of hydrogen-bond acceptors (Lipinski definition) is 2. The first kappa shape index (κ1) is 14.9. The lowest BCUT2D eigenvalue weighted by atomic mass is 9.93. The van der Waals surface area contributed by atoms with E-state index in [9.17, 15) is 40.3 Å². The molecule has 0 aromatic carbocycles. The first-order chi connectivity index (χ1) is 7.93. The third-order valence-electron chi connectivity index (χ3n) is 2.68. The minimum atomic E-state index is -6.56. The van der Waals surface area contributed by atoms with Crippen LogP contribution in [0.5, 0.6) is 0 Å². The molecular weight excluding hydrogens is 273 g/mol. The Bertz CT molecular complexity index is 372. The summed E-state index contributed by atoms with van der Waals surface area (Å²) in [7, 11) is 0. The van der Waals surface area contributed by atoms with Gasteiger partial charge in [0.05, 0.1) is 5.92 Å². The largest absolute Gasteiger partial charge is 0.460 e. The topological polar surface area (TPSA) is 34.1 Å². The Labute approximate surface area is 96.1 Å². The fraction of sp³-hybridized carbons (Fsp3) is 0.778. The summed E-state index contributed by atoms with van der Waals surface area (Å²) in [6.45, 7) is 0. The van der Waals surface area contributed by atoms with E-state index < -0.39 is 41.9 Å². The standard InChI is InChI=1S/C9H7F7O2/c10-7(11,8(12,13)9(14,15)16)6(18)4-2-1-3-5(4)17/h4H,1-3H2/t4-/m0/s1. The van der Waals surface area contributed by atoms with Crippen molar-refractivity contribution in [2.75, 3.05) is 0 Å². The van der Waals surface area contributed by atoms with E-state index in [1.807, 2.05) is 0 Å². The molecule has 9 heteroatoms. The average Bonchev–Trinajstić information content (AvgIpc) is 2.61. The third kappa shape index (κ3) is 2.10. The molecule has 0 unspecified atom stereocenters. The summed E-state index contributed by atoms with van der Waals surface area (Å²) in [5.41, 5.74) is 0. The maximum Gasteiger partial charge on any atom is 0.460 e. The molecule has 0 aromatic heterocycles. The normalized spacial score (nSPS) is 22.4. The Hall–Kier alpha value is -1.15. The molecule has 0 bridgehead atoms. The monoisotopic (exact) mass is 280 g/mol. The van der Waals surface area contributed by atoms with Crippen LogP contribution in [-0.4, -0.2) is 29.6 Å². The molecule has 1 atom stereocenters. The quantitative estimate of drug-likeness (QED) is 0.588. The summed E-state index contributed by atoms with van der Waals surface area (Å²) in [4.78, 5) is 22.0. The van der Waals surface area contributed by atoms with Crippen LogP contribution in [0.3, 0.4) is 0 Å². The van der Waals surface area contributed by atoms with E-state index in [0.29, 0.717) is 0 Å². The summed E-state index contributed by atoms with van der Waals surface area (Å²) in [5.74, 6) is -18.2. The van der Waals surface area contributed by atoms with Gasteiger partial charge < -0.3 is 0 Å². The van der Waals surface area contributed by atoms with E-state index >= 15 is 0 Å². The molecule has 18 heavy (non-hydrogen) atoms. The second kappa shape index (κ2) is 4.20. The lowest BCUT2D eigenvalue weighted by molar-refractivity contribution is -0.344.